The Morgan fingerprint density at radius 3 is 1.59 bits per heavy atom. The molecule has 0 fully saturated rings. The summed E-state index contributed by atoms with van der Waals surface area (Å²) in [6.07, 6.45) is 0. The van der Waals surface area contributed by atoms with Gasteiger partial charge in [0.1, 0.15) is 5.75 Å². The third kappa shape index (κ3) is 1.48. The van der Waals surface area contributed by atoms with Gasteiger partial charge in [0, 0.05) is 15.7 Å². The maximum atomic E-state index is 5.56. The third-order valence-corrected chi connectivity index (χ3v) is 3.54. The number of ether oxygens (including phenoxy) is 1. The topological polar surface area (TPSA) is 9.23 Å². The van der Waals surface area contributed by atoms with Gasteiger partial charge in [-0.25, -0.2) is 0 Å². The zero-order valence-corrected chi connectivity index (χ0v) is 10.4. The Kier molecular flexibility index (Phi) is 2.45. The number of fused-ring (bicyclic) bond motifs is 2. The highest BCUT2D eigenvalue weighted by molar-refractivity contribution is 7.80. The smallest absolute Gasteiger partial charge is 0.134 e. The van der Waals surface area contributed by atoms with E-state index in [0.29, 0.717) is 0 Å². The molecule has 0 radical (unpaired) electrons. The van der Waals surface area contributed by atoms with E-state index in [2.05, 4.69) is 36.9 Å². The van der Waals surface area contributed by atoms with Crippen LogP contribution in [-0.4, -0.2) is 7.11 Å². The standard InChI is InChI=1S/C15H12OS/c1-16-14-10-6-2-4-8-12(10)15(17)13-9-5-3-7-11(13)14/h2-9,17H,1H3. The van der Waals surface area contributed by atoms with E-state index in [1.165, 1.54) is 0 Å². The van der Waals surface area contributed by atoms with E-state index in [1.807, 2.05) is 24.3 Å². The largest absolute Gasteiger partial charge is 0.495 e. The fourth-order valence-electron chi connectivity index (χ4n) is 2.29. The summed E-state index contributed by atoms with van der Waals surface area (Å²) in [5, 5.41) is 4.48. The second-order valence-electron chi connectivity index (χ2n) is 3.97. The molecule has 0 saturated carbocycles. The van der Waals surface area contributed by atoms with E-state index in [4.69, 9.17) is 4.74 Å². The molecule has 17 heavy (non-hydrogen) atoms. The average Bonchev–Trinajstić information content (AvgIpc) is 2.40. The molecular formula is C15H12OS. The highest BCUT2D eigenvalue weighted by atomic mass is 32.1. The van der Waals surface area contributed by atoms with Crippen LogP contribution >= 0.6 is 12.6 Å². The van der Waals surface area contributed by atoms with Gasteiger partial charge in [0.05, 0.1) is 7.11 Å². The summed E-state index contributed by atoms with van der Waals surface area (Å²) in [7, 11) is 1.71. The van der Waals surface area contributed by atoms with Crippen molar-refractivity contribution < 1.29 is 4.74 Å². The number of benzene rings is 3. The normalized spacial score (nSPS) is 10.9. The molecule has 3 aromatic carbocycles. The maximum absolute atomic E-state index is 5.56. The van der Waals surface area contributed by atoms with Gasteiger partial charge in [-0.05, 0) is 10.8 Å². The molecule has 3 aromatic rings. The molecule has 2 heteroatoms. The fraction of sp³-hybridized carbons (Fsp3) is 0.0667. The highest BCUT2D eigenvalue weighted by Crippen LogP contribution is 2.39. The minimum absolute atomic E-state index is 0.925. The van der Waals surface area contributed by atoms with Crippen molar-refractivity contribution in [3.63, 3.8) is 0 Å². The maximum Gasteiger partial charge on any atom is 0.134 e. The second-order valence-corrected chi connectivity index (χ2v) is 4.42. The minimum atomic E-state index is 0.925. The van der Waals surface area contributed by atoms with Crippen molar-refractivity contribution in [2.24, 2.45) is 0 Å². The molecule has 0 saturated heterocycles. The molecule has 0 spiro atoms. The van der Waals surface area contributed by atoms with E-state index in [-0.39, 0.29) is 0 Å². The van der Waals surface area contributed by atoms with Crippen LogP contribution in [0.15, 0.2) is 53.4 Å². The van der Waals surface area contributed by atoms with Gasteiger partial charge in [-0.15, -0.1) is 12.6 Å². The molecule has 3 rings (SSSR count). The molecule has 0 atom stereocenters. The summed E-state index contributed by atoms with van der Waals surface area (Å²) in [6, 6.07) is 16.4. The molecule has 0 aliphatic rings. The second kappa shape index (κ2) is 3.97. The minimum Gasteiger partial charge on any atom is -0.495 e. The van der Waals surface area contributed by atoms with Crippen LogP contribution in [0, 0.1) is 0 Å². The van der Waals surface area contributed by atoms with E-state index >= 15 is 0 Å². The lowest BCUT2D eigenvalue weighted by molar-refractivity contribution is 0.424. The first kappa shape index (κ1) is 10.5. The van der Waals surface area contributed by atoms with Crippen molar-refractivity contribution >= 4 is 34.2 Å². The first-order valence-corrected chi connectivity index (χ1v) is 5.94. The molecule has 0 amide bonds. The number of methoxy groups -OCH3 is 1. The third-order valence-electron chi connectivity index (χ3n) is 3.06. The monoisotopic (exact) mass is 240 g/mol. The van der Waals surface area contributed by atoms with Crippen LogP contribution in [0.3, 0.4) is 0 Å². The summed E-state index contributed by atoms with van der Waals surface area (Å²) < 4.78 is 5.56. The average molecular weight is 240 g/mol. The van der Waals surface area contributed by atoms with Gasteiger partial charge in [-0.2, -0.15) is 0 Å². The van der Waals surface area contributed by atoms with Crippen molar-refractivity contribution in [1.82, 2.24) is 0 Å². The number of rotatable bonds is 1. The molecule has 0 aliphatic carbocycles. The Hall–Kier alpha value is -1.67. The Labute approximate surface area is 105 Å². The lowest BCUT2D eigenvalue weighted by Crippen LogP contribution is -1.89. The summed E-state index contributed by atoms with van der Waals surface area (Å²) >= 11 is 4.65. The van der Waals surface area contributed by atoms with Crippen LogP contribution in [0.4, 0.5) is 0 Å². The molecule has 84 valence electrons. The zero-order chi connectivity index (χ0) is 11.8. The molecule has 0 unspecified atom stereocenters. The number of hydrogen-bond acceptors (Lipinski definition) is 2. The van der Waals surface area contributed by atoms with Crippen molar-refractivity contribution in [3.8, 4) is 5.75 Å². The number of hydrogen-bond donors (Lipinski definition) is 1. The zero-order valence-electron chi connectivity index (χ0n) is 9.47. The van der Waals surface area contributed by atoms with Crippen molar-refractivity contribution in [2.75, 3.05) is 7.11 Å². The predicted octanol–water partition coefficient (Wildman–Crippen LogP) is 4.29. The summed E-state index contributed by atoms with van der Waals surface area (Å²) in [6.45, 7) is 0. The SMILES string of the molecule is COc1c2ccccc2c(S)c2ccccc12. The van der Waals surface area contributed by atoms with Crippen LogP contribution in [-0.2, 0) is 0 Å². The molecule has 0 bridgehead atoms. The van der Waals surface area contributed by atoms with Gasteiger partial charge in [0.2, 0.25) is 0 Å². The molecule has 0 heterocycles. The molecule has 0 aromatic heterocycles. The predicted molar refractivity (Wildman–Crippen MR) is 75.3 cm³/mol. The van der Waals surface area contributed by atoms with Crippen LogP contribution in [0.25, 0.3) is 21.5 Å². The van der Waals surface area contributed by atoms with Gasteiger partial charge < -0.3 is 4.74 Å². The van der Waals surface area contributed by atoms with Gasteiger partial charge in [0.15, 0.2) is 0 Å². The summed E-state index contributed by atoms with van der Waals surface area (Å²) in [5.41, 5.74) is 0. The van der Waals surface area contributed by atoms with Crippen LogP contribution in [0.5, 0.6) is 5.75 Å². The van der Waals surface area contributed by atoms with Crippen molar-refractivity contribution in [3.05, 3.63) is 48.5 Å². The Balaban J connectivity index is 2.63. The van der Waals surface area contributed by atoms with Crippen molar-refractivity contribution in [1.29, 1.82) is 0 Å². The van der Waals surface area contributed by atoms with Crippen LogP contribution < -0.4 is 4.74 Å². The van der Waals surface area contributed by atoms with E-state index in [1.54, 1.807) is 7.11 Å². The molecular weight excluding hydrogens is 228 g/mol. The van der Waals surface area contributed by atoms with Gasteiger partial charge >= 0.3 is 0 Å². The van der Waals surface area contributed by atoms with Crippen LogP contribution in [0.1, 0.15) is 0 Å². The quantitative estimate of drug-likeness (QED) is 0.493. The lowest BCUT2D eigenvalue weighted by atomic mass is 10.0. The summed E-state index contributed by atoms with van der Waals surface area (Å²) in [4.78, 5) is 1.01. The van der Waals surface area contributed by atoms with Gasteiger partial charge in [-0.1, -0.05) is 48.5 Å². The Morgan fingerprint density at radius 1 is 0.765 bits per heavy atom. The molecule has 1 nitrogen and oxygen atoms in total. The molecule has 0 N–H and O–H groups in total. The highest BCUT2D eigenvalue weighted by Gasteiger charge is 2.10. The number of thiol groups is 1. The lowest BCUT2D eigenvalue weighted by Gasteiger charge is -2.12. The van der Waals surface area contributed by atoms with E-state index in [0.717, 1.165) is 32.2 Å². The van der Waals surface area contributed by atoms with Crippen molar-refractivity contribution in [2.45, 2.75) is 4.90 Å². The van der Waals surface area contributed by atoms with E-state index < -0.39 is 0 Å². The first-order chi connectivity index (χ1) is 8.33. The van der Waals surface area contributed by atoms with Gasteiger partial charge in [-0.3, -0.25) is 0 Å². The van der Waals surface area contributed by atoms with E-state index in [9.17, 15) is 0 Å². The Bertz CT molecular complexity index is 647. The molecule has 0 aliphatic heterocycles. The summed E-state index contributed by atoms with van der Waals surface area (Å²) in [5.74, 6) is 0.925. The first-order valence-electron chi connectivity index (χ1n) is 5.49. The van der Waals surface area contributed by atoms with Crippen LogP contribution in [0.2, 0.25) is 0 Å². The fourth-order valence-corrected chi connectivity index (χ4v) is 2.68. The Morgan fingerprint density at radius 2 is 1.18 bits per heavy atom. The van der Waals surface area contributed by atoms with Gasteiger partial charge in [0.25, 0.3) is 0 Å².